The maximum Gasteiger partial charge on any atom is 0.253 e. The van der Waals surface area contributed by atoms with Crippen molar-refractivity contribution >= 4 is 5.91 Å². The van der Waals surface area contributed by atoms with Gasteiger partial charge in [0.15, 0.2) is 0 Å². The van der Waals surface area contributed by atoms with E-state index in [1.54, 1.807) is 37.0 Å². The first-order valence-electron chi connectivity index (χ1n) is 6.04. The van der Waals surface area contributed by atoms with Crippen LogP contribution in [0, 0.1) is 0 Å². The van der Waals surface area contributed by atoms with Crippen LogP contribution in [0.5, 0.6) is 0 Å². The minimum Gasteiger partial charge on any atom is -0.345 e. The fraction of sp³-hybridized carbons (Fsp3) is 0.200. The lowest BCUT2D eigenvalue weighted by atomic mass is 10.1. The van der Waals surface area contributed by atoms with Gasteiger partial charge in [0, 0.05) is 31.9 Å². The molecule has 0 N–H and O–H groups in total. The van der Waals surface area contributed by atoms with E-state index in [0.29, 0.717) is 12.1 Å². The van der Waals surface area contributed by atoms with Crippen LogP contribution in [-0.4, -0.2) is 29.5 Å². The van der Waals surface area contributed by atoms with Gasteiger partial charge in [0.25, 0.3) is 11.5 Å². The average Bonchev–Trinajstić information content (AvgIpc) is 2.41. The molecule has 4 heteroatoms. The summed E-state index contributed by atoms with van der Waals surface area (Å²) in [7, 11) is 3.44. The number of amides is 1. The standard InChI is InChI=1S/C15H16N2O2/c1-16(2)15(19)13-7-5-6-12(10-13)11-17-9-4-3-8-14(17)18/h3-10H,11H2,1-2H3. The molecule has 1 aromatic heterocycles. The molecule has 0 bridgehead atoms. The fourth-order valence-electron chi connectivity index (χ4n) is 1.85. The van der Waals surface area contributed by atoms with Crippen LogP contribution in [0.2, 0.25) is 0 Å². The van der Waals surface area contributed by atoms with E-state index in [-0.39, 0.29) is 11.5 Å². The molecular formula is C15H16N2O2. The molecule has 0 radical (unpaired) electrons. The molecule has 19 heavy (non-hydrogen) atoms. The molecule has 98 valence electrons. The van der Waals surface area contributed by atoms with Gasteiger partial charge in [-0.2, -0.15) is 0 Å². The molecule has 4 nitrogen and oxygen atoms in total. The molecule has 0 unspecified atom stereocenters. The van der Waals surface area contributed by atoms with E-state index in [1.807, 2.05) is 24.3 Å². The number of nitrogens with zero attached hydrogens (tertiary/aromatic N) is 2. The summed E-state index contributed by atoms with van der Waals surface area (Å²) in [6, 6.07) is 12.4. The van der Waals surface area contributed by atoms with E-state index in [1.165, 1.54) is 11.0 Å². The van der Waals surface area contributed by atoms with E-state index in [9.17, 15) is 9.59 Å². The summed E-state index contributed by atoms with van der Waals surface area (Å²) in [6.45, 7) is 0.466. The fourth-order valence-corrected chi connectivity index (χ4v) is 1.85. The van der Waals surface area contributed by atoms with Gasteiger partial charge >= 0.3 is 0 Å². The van der Waals surface area contributed by atoms with Crippen molar-refractivity contribution in [3.63, 3.8) is 0 Å². The topological polar surface area (TPSA) is 42.3 Å². The molecule has 1 heterocycles. The van der Waals surface area contributed by atoms with Gasteiger partial charge in [0.2, 0.25) is 0 Å². The first kappa shape index (κ1) is 13.1. The van der Waals surface area contributed by atoms with Gasteiger partial charge in [-0.3, -0.25) is 9.59 Å². The van der Waals surface area contributed by atoms with Crippen molar-refractivity contribution in [2.24, 2.45) is 0 Å². The molecule has 0 spiro atoms. The van der Waals surface area contributed by atoms with E-state index in [4.69, 9.17) is 0 Å². The van der Waals surface area contributed by atoms with Gasteiger partial charge in [-0.15, -0.1) is 0 Å². The summed E-state index contributed by atoms with van der Waals surface area (Å²) in [5.41, 5.74) is 1.51. The van der Waals surface area contributed by atoms with E-state index in [2.05, 4.69) is 0 Å². The second-order valence-electron chi connectivity index (χ2n) is 4.57. The quantitative estimate of drug-likeness (QED) is 0.837. The van der Waals surface area contributed by atoms with Crippen molar-refractivity contribution in [1.82, 2.24) is 9.47 Å². The maximum atomic E-state index is 11.9. The molecule has 1 amide bonds. The number of carbonyl (C=O) groups excluding carboxylic acids is 1. The Morgan fingerprint density at radius 2 is 1.95 bits per heavy atom. The van der Waals surface area contributed by atoms with E-state index in [0.717, 1.165) is 5.56 Å². The average molecular weight is 256 g/mol. The van der Waals surface area contributed by atoms with Crippen LogP contribution in [0.15, 0.2) is 53.5 Å². The minimum atomic E-state index is -0.0492. The predicted molar refractivity (Wildman–Crippen MR) is 74.3 cm³/mol. The number of rotatable bonds is 3. The Labute approximate surface area is 111 Å². The monoisotopic (exact) mass is 256 g/mol. The van der Waals surface area contributed by atoms with Crippen molar-refractivity contribution in [1.29, 1.82) is 0 Å². The first-order chi connectivity index (χ1) is 9.08. The molecule has 2 aromatic rings. The molecule has 0 atom stereocenters. The maximum absolute atomic E-state index is 11.9. The van der Waals surface area contributed by atoms with Gasteiger partial charge in [-0.1, -0.05) is 18.2 Å². The van der Waals surface area contributed by atoms with Gasteiger partial charge in [-0.05, 0) is 23.8 Å². The van der Waals surface area contributed by atoms with Gasteiger partial charge in [0.1, 0.15) is 0 Å². The van der Waals surface area contributed by atoms with Crippen molar-refractivity contribution in [2.45, 2.75) is 6.54 Å². The van der Waals surface area contributed by atoms with Crippen LogP contribution in [-0.2, 0) is 6.54 Å². The van der Waals surface area contributed by atoms with Crippen molar-refractivity contribution in [3.05, 3.63) is 70.1 Å². The molecule has 0 aliphatic rings. The molecular weight excluding hydrogens is 240 g/mol. The first-order valence-corrected chi connectivity index (χ1v) is 6.04. The van der Waals surface area contributed by atoms with Crippen LogP contribution in [0.1, 0.15) is 15.9 Å². The molecule has 0 aliphatic heterocycles. The zero-order chi connectivity index (χ0) is 13.8. The predicted octanol–water partition coefficient (Wildman–Crippen LogP) is 1.60. The zero-order valence-corrected chi connectivity index (χ0v) is 11.0. The van der Waals surface area contributed by atoms with Crippen LogP contribution in [0.3, 0.4) is 0 Å². The highest BCUT2D eigenvalue weighted by molar-refractivity contribution is 5.94. The molecule has 0 aliphatic carbocycles. The van der Waals surface area contributed by atoms with E-state index < -0.39 is 0 Å². The van der Waals surface area contributed by atoms with Crippen LogP contribution < -0.4 is 5.56 Å². The number of hydrogen-bond acceptors (Lipinski definition) is 2. The second kappa shape index (κ2) is 5.52. The summed E-state index contributed by atoms with van der Waals surface area (Å²) in [5.74, 6) is -0.0396. The Morgan fingerprint density at radius 1 is 1.16 bits per heavy atom. The summed E-state index contributed by atoms with van der Waals surface area (Å²) >= 11 is 0. The summed E-state index contributed by atoms with van der Waals surface area (Å²) in [6.07, 6.45) is 1.74. The largest absolute Gasteiger partial charge is 0.345 e. The molecule has 1 aromatic carbocycles. The number of hydrogen-bond donors (Lipinski definition) is 0. The number of pyridine rings is 1. The Balaban J connectivity index is 2.28. The third-order valence-corrected chi connectivity index (χ3v) is 2.83. The lowest BCUT2D eigenvalue weighted by Gasteiger charge is -2.11. The third kappa shape index (κ3) is 3.10. The van der Waals surface area contributed by atoms with E-state index >= 15 is 0 Å². The zero-order valence-electron chi connectivity index (χ0n) is 11.0. The second-order valence-corrected chi connectivity index (χ2v) is 4.57. The Hall–Kier alpha value is -2.36. The van der Waals surface area contributed by atoms with Gasteiger partial charge in [-0.25, -0.2) is 0 Å². The number of carbonyl (C=O) groups is 1. The smallest absolute Gasteiger partial charge is 0.253 e. The number of benzene rings is 1. The summed E-state index contributed by atoms with van der Waals surface area (Å²) in [4.78, 5) is 25.0. The van der Waals surface area contributed by atoms with Crippen molar-refractivity contribution in [2.75, 3.05) is 14.1 Å². The Kier molecular flexibility index (Phi) is 3.80. The normalized spacial score (nSPS) is 10.2. The highest BCUT2D eigenvalue weighted by Crippen LogP contribution is 2.08. The number of aromatic nitrogens is 1. The molecule has 2 rings (SSSR count). The lowest BCUT2D eigenvalue weighted by molar-refractivity contribution is 0.0827. The van der Waals surface area contributed by atoms with Crippen LogP contribution in [0.25, 0.3) is 0 Å². The molecule has 0 saturated carbocycles. The van der Waals surface area contributed by atoms with Gasteiger partial charge < -0.3 is 9.47 Å². The highest BCUT2D eigenvalue weighted by Gasteiger charge is 2.08. The Morgan fingerprint density at radius 3 is 2.63 bits per heavy atom. The van der Waals surface area contributed by atoms with Crippen molar-refractivity contribution < 1.29 is 4.79 Å². The minimum absolute atomic E-state index is 0.0396. The summed E-state index contributed by atoms with van der Waals surface area (Å²) < 4.78 is 1.61. The SMILES string of the molecule is CN(C)C(=O)c1cccc(Cn2ccccc2=O)c1. The Bertz CT molecular complexity index is 644. The van der Waals surface area contributed by atoms with Gasteiger partial charge in [0.05, 0.1) is 6.54 Å². The lowest BCUT2D eigenvalue weighted by Crippen LogP contribution is -2.22. The summed E-state index contributed by atoms with van der Waals surface area (Å²) in [5, 5.41) is 0. The third-order valence-electron chi connectivity index (χ3n) is 2.83. The van der Waals surface area contributed by atoms with Crippen LogP contribution >= 0.6 is 0 Å². The van der Waals surface area contributed by atoms with Crippen LogP contribution in [0.4, 0.5) is 0 Å². The van der Waals surface area contributed by atoms with Crippen molar-refractivity contribution in [3.8, 4) is 0 Å². The molecule has 0 saturated heterocycles. The molecule has 0 fully saturated rings. The highest BCUT2D eigenvalue weighted by atomic mass is 16.2.